The minimum atomic E-state index is -0.266. The van der Waals surface area contributed by atoms with Gasteiger partial charge < -0.3 is 10.6 Å². The highest BCUT2D eigenvalue weighted by Crippen LogP contribution is 2.22. The molecule has 6 heteroatoms. The van der Waals surface area contributed by atoms with Crippen LogP contribution in [0.25, 0.3) is 0 Å². The molecule has 2 N–H and O–H groups in total. The van der Waals surface area contributed by atoms with Crippen LogP contribution in [0.3, 0.4) is 0 Å². The maximum Gasteiger partial charge on any atom is 0.314 e. The molecule has 6 nitrogen and oxygen atoms in total. The Morgan fingerprint density at radius 2 is 1.48 bits per heavy atom. The predicted octanol–water partition coefficient (Wildman–Crippen LogP) is 2.52. The molecule has 0 fully saturated rings. The van der Waals surface area contributed by atoms with Crippen LogP contribution in [-0.2, 0) is 6.42 Å². The number of fused-ring (bicyclic) bond motifs is 1. The fraction of sp³-hybridized carbons (Fsp3) is 0.286. The highest BCUT2D eigenvalue weighted by molar-refractivity contribution is 6.21. The molecular weight excluding hydrogens is 342 g/mol. The first-order valence-electron chi connectivity index (χ1n) is 9.09. The van der Waals surface area contributed by atoms with Gasteiger partial charge in [-0.2, -0.15) is 0 Å². The number of rotatable bonds is 7. The van der Waals surface area contributed by atoms with E-state index in [4.69, 9.17) is 0 Å². The van der Waals surface area contributed by atoms with Gasteiger partial charge >= 0.3 is 6.03 Å². The largest absolute Gasteiger partial charge is 0.338 e. The third kappa shape index (κ3) is 4.53. The molecule has 0 saturated heterocycles. The molecule has 3 rings (SSSR count). The molecular formula is C21H23N3O3. The van der Waals surface area contributed by atoms with Crippen LogP contribution < -0.4 is 10.6 Å². The molecule has 1 aliphatic rings. The molecule has 0 atom stereocenters. The second kappa shape index (κ2) is 8.49. The number of imide groups is 1. The van der Waals surface area contributed by atoms with E-state index in [2.05, 4.69) is 34.9 Å². The molecule has 0 saturated carbocycles. The molecule has 1 aliphatic heterocycles. The Morgan fingerprint density at radius 3 is 2.11 bits per heavy atom. The Bertz CT molecular complexity index is 811. The summed E-state index contributed by atoms with van der Waals surface area (Å²) in [7, 11) is 0. The lowest BCUT2D eigenvalue weighted by Crippen LogP contribution is -2.38. The molecule has 0 bridgehead atoms. The molecule has 2 aromatic carbocycles. The van der Waals surface area contributed by atoms with Crippen molar-refractivity contribution in [2.24, 2.45) is 0 Å². The van der Waals surface area contributed by atoms with Crippen molar-refractivity contribution in [1.29, 1.82) is 0 Å². The van der Waals surface area contributed by atoms with Crippen LogP contribution in [-0.4, -0.2) is 42.4 Å². The average molecular weight is 365 g/mol. The second-order valence-corrected chi connectivity index (χ2v) is 6.58. The first-order chi connectivity index (χ1) is 13.1. The number of benzene rings is 2. The van der Waals surface area contributed by atoms with Gasteiger partial charge in [0.15, 0.2) is 0 Å². The molecule has 0 aromatic heterocycles. The monoisotopic (exact) mass is 365 g/mol. The normalized spacial score (nSPS) is 12.9. The zero-order chi connectivity index (χ0) is 19.2. The van der Waals surface area contributed by atoms with E-state index in [0.717, 1.165) is 6.42 Å². The highest BCUT2D eigenvalue weighted by Gasteiger charge is 2.34. The molecule has 140 valence electrons. The van der Waals surface area contributed by atoms with E-state index in [-0.39, 0.29) is 24.4 Å². The van der Waals surface area contributed by atoms with E-state index in [1.54, 1.807) is 24.3 Å². The Hall–Kier alpha value is -3.15. The van der Waals surface area contributed by atoms with Gasteiger partial charge in [0.2, 0.25) is 0 Å². The summed E-state index contributed by atoms with van der Waals surface area (Å²) in [6.07, 6.45) is 1.28. The lowest BCUT2D eigenvalue weighted by Gasteiger charge is -2.14. The van der Waals surface area contributed by atoms with Gasteiger partial charge in [0, 0.05) is 19.6 Å². The molecule has 1 heterocycles. The molecule has 0 unspecified atom stereocenters. The van der Waals surface area contributed by atoms with Crippen molar-refractivity contribution in [2.45, 2.75) is 19.8 Å². The highest BCUT2D eigenvalue weighted by atomic mass is 16.2. The smallest absolute Gasteiger partial charge is 0.314 e. The minimum absolute atomic E-state index is 0.246. The average Bonchev–Trinajstić information content (AvgIpc) is 2.92. The summed E-state index contributed by atoms with van der Waals surface area (Å²) in [6, 6.07) is 14.8. The Kier molecular flexibility index (Phi) is 5.86. The van der Waals surface area contributed by atoms with E-state index in [0.29, 0.717) is 30.6 Å². The molecule has 4 amide bonds. The number of carbonyl (C=O) groups excluding carboxylic acids is 3. The van der Waals surface area contributed by atoms with Gasteiger partial charge in [-0.15, -0.1) is 0 Å². The summed E-state index contributed by atoms with van der Waals surface area (Å²) in [5.41, 5.74) is 3.28. The van der Waals surface area contributed by atoms with E-state index in [1.165, 1.54) is 16.0 Å². The van der Waals surface area contributed by atoms with Gasteiger partial charge in [-0.05, 0) is 37.5 Å². The van der Waals surface area contributed by atoms with E-state index < -0.39 is 0 Å². The van der Waals surface area contributed by atoms with Crippen LogP contribution in [0, 0.1) is 6.92 Å². The van der Waals surface area contributed by atoms with Crippen molar-refractivity contribution < 1.29 is 14.4 Å². The first kappa shape index (κ1) is 18.6. The maximum atomic E-state index is 12.2. The van der Waals surface area contributed by atoms with Crippen molar-refractivity contribution in [3.8, 4) is 0 Å². The zero-order valence-electron chi connectivity index (χ0n) is 15.3. The van der Waals surface area contributed by atoms with Gasteiger partial charge in [0.25, 0.3) is 11.8 Å². The minimum Gasteiger partial charge on any atom is -0.338 e. The number of nitrogens with one attached hydrogen (secondary N) is 2. The van der Waals surface area contributed by atoms with E-state index in [9.17, 15) is 14.4 Å². The lowest BCUT2D eigenvalue weighted by atomic mass is 10.1. The van der Waals surface area contributed by atoms with Crippen molar-refractivity contribution in [2.75, 3.05) is 19.6 Å². The zero-order valence-corrected chi connectivity index (χ0v) is 15.3. The molecule has 27 heavy (non-hydrogen) atoms. The van der Waals surface area contributed by atoms with E-state index in [1.807, 2.05) is 6.92 Å². The summed E-state index contributed by atoms with van der Waals surface area (Å²) >= 11 is 0. The van der Waals surface area contributed by atoms with Crippen molar-refractivity contribution in [1.82, 2.24) is 15.5 Å². The van der Waals surface area contributed by atoms with Gasteiger partial charge in [-0.3, -0.25) is 14.5 Å². The number of hydrogen-bond donors (Lipinski definition) is 2. The standard InChI is InChI=1S/C21H23N3O3/c1-15-7-9-16(10-8-15)11-13-23-21(27)22-12-4-14-24-19(25)17-5-2-3-6-18(17)20(24)26/h2-3,5-10H,4,11-14H2,1H3,(H2,22,23,27). The first-order valence-corrected chi connectivity index (χ1v) is 9.09. The van der Waals surface area contributed by atoms with E-state index >= 15 is 0 Å². The van der Waals surface area contributed by atoms with Crippen LogP contribution in [0.15, 0.2) is 48.5 Å². The number of nitrogens with zero attached hydrogens (tertiary/aromatic N) is 1. The summed E-state index contributed by atoms with van der Waals surface area (Å²) in [4.78, 5) is 37.5. The lowest BCUT2D eigenvalue weighted by molar-refractivity contribution is 0.0653. The second-order valence-electron chi connectivity index (χ2n) is 6.58. The van der Waals surface area contributed by atoms with Crippen LogP contribution >= 0.6 is 0 Å². The quantitative estimate of drug-likeness (QED) is 0.585. The molecule has 0 spiro atoms. The summed E-state index contributed by atoms with van der Waals surface area (Å²) < 4.78 is 0. The van der Waals surface area contributed by atoms with Gasteiger partial charge in [0.05, 0.1) is 11.1 Å². The number of aryl methyl sites for hydroxylation is 1. The Labute approximate surface area is 158 Å². The fourth-order valence-corrected chi connectivity index (χ4v) is 3.02. The molecule has 0 radical (unpaired) electrons. The van der Waals surface area contributed by atoms with Crippen LogP contribution in [0.5, 0.6) is 0 Å². The van der Waals surface area contributed by atoms with Gasteiger partial charge in [-0.25, -0.2) is 4.79 Å². The summed E-state index contributed by atoms with van der Waals surface area (Å²) in [5, 5.41) is 5.56. The topological polar surface area (TPSA) is 78.5 Å². The summed E-state index contributed by atoms with van der Waals surface area (Å²) in [6.45, 7) is 3.27. The van der Waals surface area contributed by atoms with Crippen LogP contribution in [0.1, 0.15) is 38.3 Å². The molecule has 2 aromatic rings. The fourth-order valence-electron chi connectivity index (χ4n) is 3.02. The predicted molar refractivity (Wildman–Crippen MR) is 103 cm³/mol. The Morgan fingerprint density at radius 1 is 0.889 bits per heavy atom. The SMILES string of the molecule is Cc1ccc(CCNC(=O)NCCCN2C(=O)c3ccccc3C2=O)cc1. The number of amides is 4. The Balaban J connectivity index is 1.34. The number of urea groups is 1. The van der Waals surface area contributed by atoms with Gasteiger partial charge in [0.1, 0.15) is 0 Å². The maximum absolute atomic E-state index is 12.2. The third-order valence-electron chi connectivity index (χ3n) is 4.54. The third-order valence-corrected chi connectivity index (χ3v) is 4.54. The number of hydrogen-bond acceptors (Lipinski definition) is 3. The number of carbonyl (C=O) groups is 3. The summed E-state index contributed by atoms with van der Waals surface area (Å²) in [5.74, 6) is -0.531. The van der Waals surface area contributed by atoms with Crippen molar-refractivity contribution >= 4 is 17.8 Å². The van der Waals surface area contributed by atoms with Gasteiger partial charge in [-0.1, -0.05) is 42.0 Å². The molecule has 0 aliphatic carbocycles. The van der Waals surface area contributed by atoms with Crippen molar-refractivity contribution in [3.63, 3.8) is 0 Å². The van der Waals surface area contributed by atoms with Crippen LogP contribution in [0.2, 0.25) is 0 Å². The van der Waals surface area contributed by atoms with Crippen LogP contribution in [0.4, 0.5) is 4.79 Å². The van der Waals surface area contributed by atoms with Crippen molar-refractivity contribution in [3.05, 3.63) is 70.8 Å².